The first-order valence-electron chi connectivity index (χ1n) is 9.30. The number of likely N-dealkylation sites (tertiary alicyclic amines) is 2. The summed E-state index contributed by atoms with van der Waals surface area (Å²) in [6, 6.07) is -2.65. The van der Waals surface area contributed by atoms with Gasteiger partial charge in [0.25, 0.3) is 0 Å². The first-order valence-corrected chi connectivity index (χ1v) is 9.30. The molecule has 2 fully saturated rings. The highest BCUT2D eigenvalue weighted by atomic mass is 16.4. The summed E-state index contributed by atoms with van der Waals surface area (Å²) in [5.74, 6) is -3.60. The van der Waals surface area contributed by atoms with Crippen LogP contribution in [-0.2, 0) is 24.0 Å². The maximum absolute atomic E-state index is 12.5. The van der Waals surface area contributed by atoms with Crippen molar-refractivity contribution in [1.82, 2.24) is 15.1 Å². The van der Waals surface area contributed by atoms with Gasteiger partial charge in [-0.15, -0.1) is 0 Å². The number of nitrogens with one attached hydrogen (secondary N) is 1. The van der Waals surface area contributed by atoms with E-state index in [2.05, 4.69) is 5.32 Å². The SMILES string of the molecule is N[C@@H](CCC(=O)O)C(=O)N1CCC[C@H]1C(=O)NCC(=O)N1CCC[C@H]1C(=O)O. The van der Waals surface area contributed by atoms with E-state index in [9.17, 15) is 24.0 Å². The van der Waals surface area contributed by atoms with Crippen LogP contribution in [0.3, 0.4) is 0 Å². The normalized spacial score (nSPS) is 22.8. The predicted octanol–water partition coefficient (Wildman–Crippen LogP) is -1.64. The maximum Gasteiger partial charge on any atom is 0.326 e. The number of amides is 3. The molecule has 5 N–H and O–H groups in total. The second-order valence-electron chi connectivity index (χ2n) is 7.03. The van der Waals surface area contributed by atoms with Crippen molar-refractivity contribution in [2.24, 2.45) is 5.73 Å². The third-order valence-corrected chi connectivity index (χ3v) is 5.10. The number of carbonyl (C=O) groups is 5. The van der Waals surface area contributed by atoms with E-state index in [0.717, 1.165) is 0 Å². The van der Waals surface area contributed by atoms with E-state index < -0.39 is 47.8 Å². The van der Waals surface area contributed by atoms with E-state index in [0.29, 0.717) is 38.8 Å². The standard InChI is InChI=1S/C17H26N4O7/c18-10(5-6-14(23)24)16(26)21-8-1-3-11(21)15(25)19-9-13(22)20-7-2-4-12(20)17(27)28/h10-12H,1-9,18H2,(H,19,25)(H,23,24)(H,27,28)/t10-,11-,12-/m0/s1. The lowest BCUT2D eigenvalue weighted by Crippen LogP contribution is -2.53. The summed E-state index contributed by atoms with van der Waals surface area (Å²) >= 11 is 0. The smallest absolute Gasteiger partial charge is 0.326 e. The minimum absolute atomic E-state index is 0.0248. The highest BCUT2D eigenvalue weighted by molar-refractivity contribution is 5.93. The Labute approximate surface area is 161 Å². The van der Waals surface area contributed by atoms with Gasteiger partial charge in [0, 0.05) is 19.5 Å². The van der Waals surface area contributed by atoms with Gasteiger partial charge in [0.05, 0.1) is 12.6 Å². The van der Waals surface area contributed by atoms with Crippen molar-refractivity contribution in [2.45, 2.75) is 56.7 Å². The average Bonchev–Trinajstić information content (AvgIpc) is 3.32. The Morgan fingerprint density at radius 3 is 2.21 bits per heavy atom. The third-order valence-electron chi connectivity index (χ3n) is 5.10. The maximum atomic E-state index is 12.5. The predicted molar refractivity (Wildman–Crippen MR) is 95.0 cm³/mol. The van der Waals surface area contributed by atoms with E-state index in [1.54, 1.807) is 0 Å². The number of carboxylic acid groups (broad SMARTS) is 2. The number of nitrogens with two attached hydrogens (primary N) is 1. The Bertz CT molecular complexity index is 653. The lowest BCUT2D eigenvalue weighted by Gasteiger charge is -2.27. The van der Waals surface area contributed by atoms with Gasteiger partial charge in [-0.2, -0.15) is 0 Å². The van der Waals surface area contributed by atoms with Crippen molar-refractivity contribution in [2.75, 3.05) is 19.6 Å². The van der Waals surface area contributed by atoms with E-state index in [-0.39, 0.29) is 19.4 Å². The highest BCUT2D eigenvalue weighted by Gasteiger charge is 2.37. The number of hydrogen-bond donors (Lipinski definition) is 4. The molecule has 0 aromatic carbocycles. The van der Waals surface area contributed by atoms with Crippen LogP contribution >= 0.6 is 0 Å². The average molecular weight is 398 g/mol. The van der Waals surface area contributed by atoms with Gasteiger partial charge in [0.1, 0.15) is 12.1 Å². The van der Waals surface area contributed by atoms with Gasteiger partial charge in [-0.1, -0.05) is 0 Å². The quantitative estimate of drug-likeness (QED) is 0.377. The Kier molecular flexibility index (Phi) is 7.32. The van der Waals surface area contributed by atoms with Crippen LogP contribution in [0.4, 0.5) is 0 Å². The summed E-state index contributed by atoms with van der Waals surface area (Å²) in [6.45, 7) is 0.323. The summed E-state index contributed by atoms with van der Waals surface area (Å²) in [7, 11) is 0. The van der Waals surface area contributed by atoms with Crippen molar-refractivity contribution in [3.63, 3.8) is 0 Å². The molecule has 28 heavy (non-hydrogen) atoms. The van der Waals surface area contributed by atoms with Crippen molar-refractivity contribution in [3.8, 4) is 0 Å². The van der Waals surface area contributed by atoms with Gasteiger partial charge in [-0.25, -0.2) is 4.79 Å². The van der Waals surface area contributed by atoms with E-state index >= 15 is 0 Å². The molecule has 0 spiro atoms. The number of aliphatic carboxylic acids is 2. The molecule has 0 saturated carbocycles. The zero-order valence-electron chi connectivity index (χ0n) is 15.5. The van der Waals surface area contributed by atoms with Gasteiger partial charge < -0.3 is 31.1 Å². The van der Waals surface area contributed by atoms with Crippen molar-refractivity contribution in [1.29, 1.82) is 0 Å². The van der Waals surface area contributed by atoms with Crippen LogP contribution in [-0.4, -0.2) is 87.4 Å². The van der Waals surface area contributed by atoms with Crippen LogP contribution in [0.15, 0.2) is 0 Å². The molecular weight excluding hydrogens is 372 g/mol. The minimum atomic E-state index is -1.07. The molecule has 0 unspecified atom stereocenters. The molecule has 0 aromatic heterocycles. The zero-order valence-corrected chi connectivity index (χ0v) is 15.5. The Morgan fingerprint density at radius 2 is 1.61 bits per heavy atom. The van der Waals surface area contributed by atoms with Crippen molar-refractivity contribution < 1.29 is 34.2 Å². The number of hydrogen-bond acceptors (Lipinski definition) is 6. The summed E-state index contributed by atoms with van der Waals surface area (Å²) in [5.41, 5.74) is 5.75. The zero-order chi connectivity index (χ0) is 20.8. The Hall–Kier alpha value is -2.69. The first-order chi connectivity index (χ1) is 13.2. The molecular formula is C17H26N4O7. The number of carbonyl (C=O) groups excluding carboxylic acids is 3. The monoisotopic (exact) mass is 398 g/mol. The Balaban J connectivity index is 1.88. The van der Waals surface area contributed by atoms with E-state index in [1.165, 1.54) is 9.80 Å². The summed E-state index contributed by atoms with van der Waals surface area (Å²) in [5, 5.41) is 20.3. The van der Waals surface area contributed by atoms with Gasteiger partial charge in [0.2, 0.25) is 17.7 Å². The minimum Gasteiger partial charge on any atom is -0.481 e. The van der Waals surface area contributed by atoms with Gasteiger partial charge >= 0.3 is 11.9 Å². The van der Waals surface area contributed by atoms with Crippen LogP contribution in [0.5, 0.6) is 0 Å². The van der Waals surface area contributed by atoms with E-state index in [4.69, 9.17) is 15.9 Å². The Morgan fingerprint density at radius 1 is 1.00 bits per heavy atom. The van der Waals surface area contributed by atoms with Crippen LogP contribution in [0, 0.1) is 0 Å². The fraction of sp³-hybridized carbons (Fsp3) is 0.706. The molecule has 11 heteroatoms. The van der Waals surface area contributed by atoms with Crippen molar-refractivity contribution in [3.05, 3.63) is 0 Å². The van der Waals surface area contributed by atoms with Gasteiger partial charge in [-0.3, -0.25) is 19.2 Å². The molecule has 0 bridgehead atoms. The van der Waals surface area contributed by atoms with Crippen LogP contribution in [0.25, 0.3) is 0 Å². The largest absolute Gasteiger partial charge is 0.481 e. The number of rotatable bonds is 8. The number of carboxylic acids is 2. The van der Waals surface area contributed by atoms with Gasteiger partial charge in [-0.05, 0) is 32.1 Å². The lowest BCUT2D eigenvalue weighted by molar-refractivity contribution is -0.148. The molecule has 3 atom stereocenters. The van der Waals surface area contributed by atoms with Crippen LogP contribution < -0.4 is 11.1 Å². The summed E-state index contributed by atoms with van der Waals surface area (Å²) in [4.78, 5) is 61.5. The molecule has 2 aliphatic heterocycles. The lowest BCUT2D eigenvalue weighted by atomic mass is 10.1. The summed E-state index contributed by atoms with van der Waals surface area (Å²) in [6.07, 6.45) is 1.72. The topological polar surface area (TPSA) is 170 Å². The molecule has 2 rings (SSSR count). The molecule has 11 nitrogen and oxygen atoms in total. The molecule has 2 saturated heterocycles. The summed E-state index contributed by atoms with van der Waals surface area (Å²) < 4.78 is 0. The number of nitrogens with zero attached hydrogens (tertiary/aromatic N) is 2. The molecule has 2 aliphatic rings. The molecule has 0 radical (unpaired) electrons. The molecule has 3 amide bonds. The van der Waals surface area contributed by atoms with Crippen molar-refractivity contribution >= 4 is 29.7 Å². The van der Waals surface area contributed by atoms with Gasteiger partial charge in [0.15, 0.2) is 0 Å². The van der Waals surface area contributed by atoms with E-state index in [1.807, 2.05) is 0 Å². The fourth-order valence-corrected chi connectivity index (χ4v) is 3.62. The molecule has 0 aromatic rings. The second kappa shape index (κ2) is 9.49. The third kappa shape index (κ3) is 5.18. The second-order valence-corrected chi connectivity index (χ2v) is 7.03. The first kappa shape index (κ1) is 21.6. The highest BCUT2D eigenvalue weighted by Crippen LogP contribution is 2.20. The molecule has 2 heterocycles. The van der Waals surface area contributed by atoms with Crippen LogP contribution in [0.1, 0.15) is 38.5 Å². The van der Waals surface area contributed by atoms with Crippen LogP contribution in [0.2, 0.25) is 0 Å². The molecule has 0 aliphatic carbocycles. The molecule has 156 valence electrons. The fourth-order valence-electron chi connectivity index (χ4n) is 3.62.